The van der Waals surface area contributed by atoms with Crippen LogP contribution in [-0.4, -0.2) is 25.4 Å². The van der Waals surface area contributed by atoms with Gasteiger partial charge in [0.1, 0.15) is 5.56 Å². The summed E-state index contributed by atoms with van der Waals surface area (Å²) in [6, 6.07) is 3.48. The summed E-state index contributed by atoms with van der Waals surface area (Å²) in [5.41, 5.74) is 0.109. The van der Waals surface area contributed by atoms with Crippen molar-refractivity contribution in [2.75, 3.05) is 0 Å². The van der Waals surface area contributed by atoms with Crippen LogP contribution < -0.4 is 5.43 Å². The molecule has 0 aromatic carbocycles. The standard InChI is InChI=1S/C14H17N3O3/c1-3-10(2)17-7-4-11(15-17)8-16-6-5-13(18)12(9-16)14(19)20/h4-7,9-10H,3,8H2,1-2H3,(H,19,20). The number of carboxylic acid groups (broad SMARTS) is 1. The molecule has 0 aliphatic heterocycles. The highest BCUT2D eigenvalue weighted by atomic mass is 16.4. The Bertz CT molecular complexity index is 672. The summed E-state index contributed by atoms with van der Waals surface area (Å²) in [6.07, 6.45) is 5.80. The molecule has 0 radical (unpaired) electrons. The van der Waals surface area contributed by atoms with Crippen molar-refractivity contribution in [1.82, 2.24) is 14.3 Å². The van der Waals surface area contributed by atoms with Crippen molar-refractivity contribution in [2.45, 2.75) is 32.9 Å². The van der Waals surface area contributed by atoms with Gasteiger partial charge >= 0.3 is 5.97 Å². The van der Waals surface area contributed by atoms with Crippen molar-refractivity contribution < 1.29 is 9.90 Å². The maximum absolute atomic E-state index is 11.4. The van der Waals surface area contributed by atoms with Gasteiger partial charge in [-0.25, -0.2) is 4.79 Å². The molecule has 2 aromatic heterocycles. The van der Waals surface area contributed by atoms with Crippen molar-refractivity contribution in [1.29, 1.82) is 0 Å². The lowest BCUT2D eigenvalue weighted by atomic mass is 10.2. The SMILES string of the molecule is CCC(C)n1ccc(Cn2ccc(=O)c(C(=O)O)c2)n1. The number of rotatable bonds is 5. The van der Waals surface area contributed by atoms with Gasteiger partial charge in [-0.2, -0.15) is 5.10 Å². The van der Waals surface area contributed by atoms with Crippen LogP contribution in [0.25, 0.3) is 0 Å². The number of hydrogen-bond donors (Lipinski definition) is 1. The molecule has 6 nitrogen and oxygen atoms in total. The zero-order valence-electron chi connectivity index (χ0n) is 11.5. The Morgan fingerprint density at radius 3 is 2.80 bits per heavy atom. The van der Waals surface area contributed by atoms with Crippen LogP contribution in [0.2, 0.25) is 0 Å². The van der Waals surface area contributed by atoms with E-state index in [2.05, 4.69) is 18.9 Å². The van der Waals surface area contributed by atoms with Crippen LogP contribution in [0.4, 0.5) is 0 Å². The monoisotopic (exact) mass is 275 g/mol. The molecular formula is C14H17N3O3. The lowest BCUT2D eigenvalue weighted by Gasteiger charge is -2.08. The van der Waals surface area contributed by atoms with Gasteiger partial charge in [0.2, 0.25) is 0 Å². The predicted octanol–water partition coefficient (Wildman–Crippen LogP) is 1.76. The maximum atomic E-state index is 11.4. The van der Waals surface area contributed by atoms with Crippen LogP contribution in [0.1, 0.15) is 42.4 Å². The molecule has 0 aliphatic rings. The Morgan fingerprint density at radius 1 is 1.40 bits per heavy atom. The topological polar surface area (TPSA) is 77.1 Å². The fraction of sp³-hybridized carbons (Fsp3) is 0.357. The highest BCUT2D eigenvalue weighted by molar-refractivity contribution is 5.86. The molecule has 1 unspecified atom stereocenters. The van der Waals surface area contributed by atoms with Crippen molar-refractivity contribution in [3.8, 4) is 0 Å². The van der Waals surface area contributed by atoms with E-state index >= 15 is 0 Å². The van der Waals surface area contributed by atoms with Gasteiger partial charge in [-0.3, -0.25) is 9.48 Å². The Kier molecular flexibility index (Phi) is 4.02. The molecule has 2 aromatic rings. The molecule has 0 saturated carbocycles. The second kappa shape index (κ2) is 5.73. The molecule has 6 heteroatoms. The first-order valence-corrected chi connectivity index (χ1v) is 6.48. The number of aromatic nitrogens is 3. The van der Waals surface area contributed by atoms with Gasteiger partial charge in [-0.1, -0.05) is 6.92 Å². The molecule has 1 N–H and O–H groups in total. The van der Waals surface area contributed by atoms with E-state index in [1.165, 1.54) is 12.3 Å². The molecule has 106 valence electrons. The Hall–Kier alpha value is -2.37. The van der Waals surface area contributed by atoms with Crippen LogP contribution in [0.5, 0.6) is 0 Å². The van der Waals surface area contributed by atoms with E-state index in [1.807, 2.05) is 16.9 Å². The van der Waals surface area contributed by atoms with Crippen LogP contribution >= 0.6 is 0 Å². The third-order valence-electron chi connectivity index (χ3n) is 3.26. The highest BCUT2D eigenvalue weighted by Crippen LogP contribution is 2.10. The average Bonchev–Trinajstić information content (AvgIpc) is 2.88. The first-order chi connectivity index (χ1) is 9.51. The summed E-state index contributed by atoms with van der Waals surface area (Å²) < 4.78 is 3.53. The summed E-state index contributed by atoms with van der Waals surface area (Å²) >= 11 is 0. The van der Waals surface area contributed by atoms with Gasteiger partial charge in [-0.05, 0) is 19.4 Å². The van der Waals surface area contributed by atoms with E-state index in [0.29, 0.717) is 12.6 Å². The number of nitrogens with zero attached hydrogens (tertiary/aromatic N) is 3. The minimum atomic E-state index is -1.21. The van der Waals surface area contributed by atoms with E-state index in [-0.39, 0.29) is 5.56 Å². The van der Waals surface area contributed by atoms with Crippen molar-refractivity contribution in [3.05, 3.63) is 52.2 Å². The lowest BCUT2D eigenvalue weighted by molar-refractivity contribution is 0.0694. The summed E-state index contributed by atoms with van der Waals surface area (Å²) in [6.45, 7) is 4.61. The van der Waals surface area contributed by atoms with E-state index in [1.54, 1.807) is 10.8 Å². The summed E-state index contributed by atoms with van der Waals surface area (Å²) in [5.74, 6) is -1.21. The first-order valence-electron chi connectivity index (χ1n) is 6.48. The molecule has 0 spiro atoms. The van der Waals surface area contributed by atoms with Crippen molar-refractivity contribution >= 4 is 5.97 Å². The van der Waals surface area contributed by atoms with Crippen LogP contribution in [0.15, 0.2) is 35.5 Å². The van der Waals surface area contributed by atoms with Gasteiger partial charge in [-0.15, -0.1) is 0 Å². The fourth-order valence-electron chi connectivity index (χ4n) is 1.87. The molecule has 0 amide bonds. The largest absolute Gasteiger partial charge is 0.477 e. The van der Waals surface area contributed by atoms with E-state index in [0.717, 1.165) is 12.1 Å². The minimum Gasteiger partial charge on any atom is -0.477 e. The third kappa shape index (κ3) is 2.96. The van der Waals surface area contributed by atoms with Crippen LogP contribution in [-0.2, 0) is 6.54 Å². The normalized spacial score (nSPS) is 12.3. The number of pyridine rings is 1. The molecule has 0 fully saturated rings. The van der Waals surface area contributed by atoms with Gasteiger partial charge < -0.3 is 9.67 Å². The number of hydrogen-bond acceptors (Lipinski definition) is 3. The Morgan fingerprint density at radius 2 is 2.15 bits per heavy atom. The van der Waals surface area contributed by atoms with Gasteiger partial charge in [0, 0.05) is 30.7 Å². The second-order valence-corrected chi connectivity index (χ2v) is 4.74. The summed E-state index contributed by atoms with van der Waals surface area (Å²) in [5, 5.41) is 13.4. The molecule has 0 bridgehead atoms. The highest BCUT2D eigenvalue weighted by Gasteiger charge is 2.09. The first kappa shape index (κ1) is 14.0. The fourth-order valence-corrected chi connectivity index (χ4v) is 1.87. The van der Waals surface area contributed by atoms with E-state index in [4.69, 9.17) is 5.11 Å². The number of aromatic carboxylic acids is 1. The number of carboxylic acids is 1. The minimum absolute atomic E-state index is 0.228. The Labute approximate surface area is 116 Å². The van der Waals surface area contributed by atoms with Gasteiger partial charge in [0.05, 0.1) is 12.2 Å². The summed E-state index contributed by atoms with van der Waals surface area (Å²) in [7, 11) is 0. The van der Waals surface area contributed by atoms with Crippen LogP contribution in [0.3, 0.4) is 0 Å². The quantitative estimate of drug-likeness (QED) is 0.902. The second-order valence-electron chi connectivity index (χ2n) is 4.74. The zero-order chi connectivity index (χ0) is 14.7. The number of carbonyl (C=O) groups is 1. The van der Waals surface area contributed by atoms with Gasteiger partial charge in [0.25, 0.3) is 0 Å². The van der Waals surface area contributed by atoms with Gasteiger partial charge in [0.15, 0.2) is 5.43 Å². The molecule has 2 rings (SSSR count). The van der Waals surface area contributed by atoms with Crippen LogP contribution in [0, 0.1) is 0 Å². The molecule has 20 heavy (non-hydrogen) atoms. The van der Waals surface area contributed by atoms with Crippen molar-refractivity contribution in [2.24, 2.45) is 0 Å². The third-order valence-corrected chi connectivity index (χ3v) is 3.26. The average molecular weight is 275 g/mol. The summed E-state index contributed by atoms with van der Waals surface area (Å²) in [4.78, 5) is 22.3. The molecular weight excluding hydrogens is 258 g/mol. The molecule has 0 aliphatic carbocycles. The van der Waals surface area contributed by atoms with Crippen molar-refractivity contribution in [3.63, 3.8) is 0 Å². The lowest BCUT2D eigenvalue weighted by Crippen LogP contribution is -2.17. The molecule has 2 heterocycles. The predicted molar refractivity (Wildman–Crippen MR) is 74.0 cm³/mol. The maximum Gasteiger partial charge on any atom is 0.341 e. The molecule has 1 atom stereocenters. The van der Waals surface area contributed by atoms with E-state index < -0.39 is 11.4 Å². The smallest absolute Gasteiger partial charge is 0.341 e. The Balaban J connectivity index is 2.22. The zero-order valence-corrected chi connectivity index (χ0v) is 11.5. The van der Waals surface area contributed by atoms with E-state index in [9.17, 15) is 9.59 Å². The molecule has 0 saturated heterocycles.